The monoisotopic (exact) mass is 269 g/mol. The second-order valence-corrected chi connectivity index (χ2v) is 4.21. The lowest BCUT2D eigenvalue weighted by atomic mass is 10.2. The Kier molecular flexibility index (Phi) is 3.67. The summed E-state index contributed by atoms with van der Waals surface area (Å²) in [6.45, 7) is 0.231. The number of anilines is 1. The maximum Gasteiger partial charge on any atom is 0.187 e. The molecule has 2 aromatic carbocycles. The van der Waals surface area contributed by atoms with Crippen molar-refractivity contribution in [1.82, 2.24) is 0 Å². The molecule has 0 aromatic heterocycles. The van der Waals surface area contributed by atoms with Gasteiger partial charge >= 0.3 is 0 Å². The predicted octanol–water partition coefficient (Wildman–Crippen LogP) is 3.94. The van der Waals surface area contributed by atoms with Crippen molar-refractivity contribution in [2.45, 2.75) is 6.54 Å². The quantitative estimate of drug-likeness (QED) is 0.885. The van der Waals surface area contributed by atoms with E-state index in [1.807, 2.05) is 0 Å². The average molecular weight is 270 g/mol. The number of rotatable bonds is 3. The minimum Gasteiger partial charge on any atom is -0.503 e. The number of hydrogen-bond acceptors (Lipinski definition) is 2. The number of phenolic OH excluding ortho intramolecular Hbond substituents is 1. The molecule has 5 heteroatoms. The summed E-state index contributed by atoms with van der Waals surface area (Å²) in [6.07, 6.45) is 0. The van der Waals surface area contributed by atoms with E-state index in [2.05, 4.69) is 5.32 Å². The Hall–Kier alpha value is -1.81. The van der Waals surface area contributed by atoms with Gasteiger partial charge in [-0.15, -0.1) is 0 Å². The Balaban J connectivity index is 2.11. The predicted molar refractivity (Wildman–Crippen MR) is 66.8 cm³/mol. The van der Waals surface area contributed by atoms with Gasteiger partial charge in [0.2, 0.25) is 0 Å². The summed E-state index contributed by atoms with van der Waals surface area (Å²) in [5, 5.41) is 12.5. The number of benzene rings is 2. The molecule has 0 amide bonds. The van der Waals surface area contributed by atoms with Gasteiger partial charge in [0.1, 0.15) is 0 Å². The molecule has 18 heavy (non-hydrogen) atoms. The molecule has 0 fully saturated rings. The molecule has 0 aliphatic heterocycles. The van der Waals surface area contributed by atoms with E-state index in [0.29, 0.717) is 10.6 Å². The van der Waals surface area contributed by atoms with Crippen LogP contribution in [0.1, 0.15) is 5.56 Å². The van der Waals surface area contributed by atoms with Crippen LogP contribution in [-0.4, -0.2) is 5.11 Å². The van der Waals surface area contributed by atoms with Crippen molar-refractivity contribution >= 4 is 17.3 Å². The van der Waals surface area contributed by atoms with E-state index in [4.69, 9.17) is 16.7 Å². The number of phenols is 1. The highest BCUT2D eigenvalue weighted by molar-refractivity contribution is 6.30. The van der Waals surface area contributed by atoms with Crippen LogP contribution in [0.2, 0.25) is 5.02 Å². The van der Waals surface area contributed by atoms with E-state index < -0.39 is 17.4 Å². The van der Waals surface area contributed by atoms with Crippen LogP contribution in [0.3, 0.4) is 0 Å². The SMILES string of the molecule is Oc1c(F)cc(CNc2cccc(Cl)c2)cc1F. The molecule has 0 aliphatic rings. The topological polar surface area (TPSA) is 32.3 Å². The first-order valence-electron chi connectivity index (χ1n) is 5.22. The molecule has 2 rings (SSSR count). The highest BCUT2D eigenvalue weighted by Crippen LogP contribution is 2.22. The van der Waals surface area contributed by atoms with Crippen molar-refractivity contribution in [3.05, 3.63) is 58.6 Å². The smallest absolute Gasteiger partial charge is 0.187 e. The lowest BCUT2D eigenvalue weighted by Crippen LogP contribution is -2.00. The molecular formula is C13H10ClF2NO. The van der Waals surface area contributed by atoms with Crippen LogP contribution in [0.5, 0.6) is 5.75 Å². The second-order valence-electron chi connectivity index (χ2n) is 3.77. The lowest BCUT2D eigenvalue weighted by Gasteiger charge is -2.08. The van der Waals surface area contributed by atoms with Gasteiger partial charge in [-0.25, -0.2) is 8.78 Å². The maximum atomic E-state index is 13.1. The molecule has 0 heterocycles. The van der Waals surface area contributed by atoms with Crippen LogP contribution < -0.4 is 5.32 Å². The first kappa shape index (κ1) is 12.6. The average Bonchev–Trinajstić information content (AvgIpc) is 2.33. The Morgan fingerprint density at radius 3 is 2.39 bits per heavy atom. The normalized spacial score (nSPS) is 10.4. The van der Waals surface area contributed by atoms with E-state index >= 15 is 0 Å². The molecule has 0 aliphatic carbocycles. The van der Waals surface area contributed by atoms with E-state index in [-0.39, 0.29) is 6.54 Å². The molecule has 94 valence electrons. The van der Waals surface area contributed by atoms with Crippen LogP contribution in [0, 0.1) is 11.6 Å². The first-order valence-corrected chi connectivity index (χ1v) is 5.60. The van der Waals surface area contributed by atoms with Crippen LogP contribution in [0.25, 0.3) is 0 Å². The largest absolute Gasteiger partial charge is 0.503 e. The van der Waals surface area contributed by atoms with Gasteiger partial charge in [-0.1, -0.05) is 17.7 Å². The number of halogens is 3. The van der Waals surface area contributed by atoms with Gasteiger partial charge in [0.05, 0.1) is 0 Å². The summed E-state index contributed by atoms with van der Waals surface area (Å²) in [5.41, 5.74) is 1.14. The minimum atomic E-state index is -0.974. The van der Waals surface area contributed by atoms with Crippen molar-refractivity contribution in [2.75, 3.05) is 5.32 Å². The van der Waals surface area contributed by atoms with Gasteiger partial charge in [-0.3, -0.25) is 0 Å². The van der Waals surface area contributed by atoms with Gasteiger partial charge < -0.3 is 10.4 Å². The molecule has 0 saturated heterocycles. The van der Waals surface area contributed by atoms with Crippen LogP contribution >= 0.6 is 11.6 Å². The van der Waals surface area contributed by atoms with Crippen LogP contribution in [-0.2, 0) is 6.54 Å². The second kappa shape index (κ2) is 5.23. The molecule has 0 spiro atoms. The highest BCUT2D eigenvalue weighted by Gasteiger charge is 2.09. The highest BCUT2D eigenvalue weighted by atomic mass is 35.5. The van der Waals surface area contributed by atoms with Gasteiger partial charge in [0.15, 0.2) is 17.4 Å². The summed E-state index contributed by atoms with van der Waals surface area (Å²) in [4.78, 5) is 0. The molecule has 0 radical (unpaired) electrons. The molecule has 0 saturated carbocycles. The standard InChI is InChI=1S/C13H10ClF2NO/c14-9-2-1-3-10(6-9)17-7-8-4-11(15)13(18)12(16)5-8/h1-6,17-18H,7H2. The van der Waals surface area contributed by atoms with E-state index in [1.54, 1.807) is 24.3 Å². The van der Waals surface area contributed by atoms with Gasteiger partial charge in [-0.2, -0.15) is 0 Å². The number of nitrogens with one attached hydrogen (secondary N) is 1. The number of hydrogen-bond donors (Lipinski definition) is 2. The van der Waals surface area contributed by atoms with Gasteiger partial charge in [0, 0.05) is 17.3 Å². The fourth-order valence-corrected chi connectivity index (χ4v) is 1.71. The molecule has 2 aromatic rings. The molecule has 2 N–H and O–H groups in total. The van der Waals surface area contributed by atoms with E-state index in [1.165, 1.54) is 0 Å². The van der Waals surface area contributed by atoms with Crippen molar-refractivity contribution in [2.24, 2.45) is 0 Å². The van der Waals surface area contributed by atoms with Crippen molar-refractivity contribution in [3.63, 3.8) is 0 Å². The fraction of sp³-hybridized carbons (Fsp3) is 0.0769. The Labute approximate surface area is 108 Å². The zero-order valence-corrected chi connectivity index (χ0v) is 10.0. The lowest BCUT2D eigenvalue weighted by molar-refractivity contribution is 0.395. The number of aromatic hydroxyl groups is 1. The Bertz CT molecular complexity index is 552. The zero-order chi connectivity index (χ0) is 13.1. The third-order valence-corrected chi connectivity index (χ3v) is 2.63. The molecule has 0 atom stereocenters. The third kappa shape index (κ3) is 2.90. The molecule has 0 unspecified atom stereocenters. The van der Waals surface area contributed by atoms with E-state index in [0.717, 1.165) is 17.8 Å². The summed E-state index contributed by atoms with van der Waals surface area (Å²) in [7, 11) is 0. The summed E-state index contributed by atoms with van der Waals surface area (Å²) < 4.78 is 26.2. The van der Waals surface area contributed by atoms with E-state index in [9.17, 15) is 8.78 Å². The summed E-state index contributed by atoms with van der Waals surface area (Å²) in [5.74, 6) is -2.91. The van der Waals surface area contributed by atoms with Crippen molar-refractivity contribution < 1.29 is 13.9 Å². The minimum absolute atomic E-state index is 0.231. The Morgan fingerprint density at radius 1 is 1.11 bits per heavy atom. The maximum absolute atomic E-state index is 13.1. The van der Waals surface area contributed by atoms with Crippen LogP contribution in [0.15, 0.2) is 36.4 Å². The van der Waals surface area contributed by atoms with Crippen LogP contribution in [0.4, 0.5) is 14.5 Å². The van der Waals surface area contributed by atoms with Gasteiger partial charge in [0.25, 0.3) is 0 Å². The summed E-state index contributed by atoms with van der Waals surface area (Å²) >= 11 is 5.80. The van der Waals surface area contributed by atoms with Gasteiger partial charge in [-0.05, 0) is 35.9 Å². The molecule has 2 nitrogen and oxygen atoms in total. The molecular weight excluding hydrogens is 260 g/mol. The fourth-order valence-electron chi connectivity index (χ4n) is 1.52. The molecule has 0 bridgehead atoms. The third-order valence-electron chi connectivity index (χ3n) is 2.40. The zero-order valence-electron chi connectivity index (χ0n) is 9.25. The first-order chi connectivity index (χ1) is 8.56. The Morgan fingerprint density at radius 2 is 1.78 bits per heavy atom. The van der Waals surface area contributed by atoms with Crippen molar-refractivity contribution in [3.8, 4) is 5.75 Å². The van der Waals surface area contributed by atoms with Crippen molar-refractivity contribution in [1.29, 1.82) is 0 Å². The summed E-state index contributed by atoms with van der Waals surface area (Å²) in [6, 6.07) is 9.15.